The average molecular weight is 567 g/mol. The van der Waals surface area contributed by atoms with Crippen LogP contribution in [0.3, 0.4) is 0 Å². The molecule has 2 unspecified atom stereocenters. The van der Waals surface area contributed by atoms with Crippen molar-refractivity contribution in [3.8, 4) is 0 Å². The van der Waals surface area contributed by atoms with Crippen LogP contribution in [0.4, 0.5) is 8.78 Å². The number of likely N-dealkylation sites (tertiary alicyclic amines) is 1. The summed E-state index contributed by atoms with van der Waals surface area (Å²) in [6.45, 7) is 3.02. The number of hydrogen-bond donors (Lipinski definition) is 3. The van der Waals surface area contributed by atoms with Crippen molar-refractivity contribution in [3.63, 3.8) is 0 Å². The van der Waals surface area contributed by atoms with Crippen molar-refractivity contribution >= 4 is 15.7 Å². The lowest BCUT2D eigenvalue weighted by Gasteiger charge is -2.42. The maximum atomic E-state index is 15.7. The Hall–Kier alpha value is -2.44. The van der Waals surface area contributed by atoms with Gasteiger partial charge in [0.15, 0.2) is 9.84 Å². The molecule has 4 atom stereocenters. The number of amides is 1. The second-order valence-electron chi connectivity index (χ2n) is 10.5. The highest BCUT2D eigenvalue weighted by molar-refractivity contribution is 7.92. The minimum Gasteiger partial charge on any atom is -0.394 e. The summed E-state index contributed by atoms with van der Waals surface area (Å²) in [5, 5.41) is 20.5. The van der Waals surface area contributed by atoms with Crippen LogP contribution in [-0.4, -0.2) is 79.7 Å². The third-order valence-corrected chi connectivity index (χ3v) is 10.7. The van der Waals surface area contributed by atoms with E-state index in [4.69, 9.17) is 4.74 Å². The number of halogens is 2. The van der Waals surface area contributed by atoms with E-state index in [2.05, 4.69) is 5.32 Å². The van der Waals surface area contributed by atoms with E-state index in [0.29, 0.717) is 5.56 Å². The minimum absolute atomic E-state index is 0.0566. The number of hydrogen-bond acceptors (Lipinski definition) is 7. The second kappa shape index (κ2) is 12.0. The van der Waals surface area contributed by atoms with Gasteiger partial charge in [-0.25, -0.2) is 17.2 Å². The molecular formula is C28H36F2N2O6S. The molecule has 0 saturated carbocycles. The summed E-state index contributed by atoms with van der Waals surface area (Å²) >= 11 is 0. The molecule has 11 heteroatoms. The molecule has 0 spiro atoms. The zero-order chi connectivity index (χ0) is 28.4. The molecule has 2 aliphatic rings. The van der Waals surface area contributed by atoms with Gasteiger partial charge in [0.25, 0.3) is 0 Å². The van der Waals surface area contributed by atoms with Gasteiger partial charge in [0, 0.05) is 38.2 Å². The van der Waals surface area contributed by atoms with Gasteiger partial charge in [-0.1, -0.05) is 30.3 Å². The Morgan fingerprint density at radius 2 is 1.85 bits per heavy atom. The van der Waals surface area contributed by atoms with E-state index in [-0.39, 0.29) is 62.5 Å². The van der Waals surface area contributed by atoms with Gasteiger partial charge < -0.3 is 25.2 Å². The minimum atomic E-state index is -3.74. The lowest BCUT2D eigenvalue weighted by molar-refractivity contribution is -0.143. The topological polar surface area (TPSA) is 116 Å². The van der Waals surface area contributed by atoms with Crippen LogP contribution in [0.25, 0.3) is 0 Å². The van der Waals surface area contributed by atoms with Gasteiger partial charge in [-0.05, 0) is 49.4 Å². The molecule has 0 radical (unpaired) electrons. The van der Waals surface area contributed by atoms with Crippen LogP contribution in [0, 0.1) is 11.6 Å². The largest absolute Gasteiger partial charge is 0.394 e. The van der Waals surface area contributed by atoms with E-state index in [1.807, 2.05) is 0 Å². The number of aliphatic hydroxyl groups excluding tert-OH is 2. The van der Waals surface area contributed by atoms with E-state index >= 15 is 8.78 Å². The van der Waals surface area contributed by atoms with Crippen molar-refractivity contribution in [2.45, 2.75) is 61.4 Å². The molecule has 2 aromatic rings. The van der Waals surface area contributed by atoms with E-state index in [0.717, 1.165) is 12.1 Å². The van der Waals surface area contributed by atoms with E-state index in [1.54, 1.807) is 42.2 Å². The first-order valence-corrected chi connectivity index (χ1v) is 14.8. The Labute approximate surface area is 227 Å². The molecule has 0 bridgehead atoms. The van der Waals surface area contributed by atoms with Crippen LogP contribution in [0.5, 0.6) is 0 Å². The standard InChI is InChI=1S/C28H36F2N2O6S/c1-18-26(39(36,37)27(15-31-18)20-6-4-3-5-7-20)13-21-12-25(30)23(14-24(21)29)28(38-17-22(35)16-33)8-10-32(11-9-28)19(2)34/h3-7,12,14,18,22,26-27,31,33,35H,8-11,13,15-17H2,1-2H3/t18-,22?,26?,27-/m0/s1. The fourth-order valence-electron chi connectivity index (χ4n) is 5.60. The Balaban J connectivity index is 1.63. The van der Waals surface area contributed by atoms with Gasteiger partial charge in [-0.15, -0.1) is 0 Å². The number of piperidine rings is 1. The Morgan fingerprint density at radius 3 is 2.46 bits per heavy atom. The molecule has 2 heterocycles. The van der Waals surface area contributed by atoms with E-state index in [9.17, 15) is 23.4 Å². The first-order valence-electron chi connectivity index (χ1n) is 13.2. The molecule has 0 aromatic heterocycles. The first kappa shape index (κ1) is 29.5. The Morgan fingerprint density at radius 1 is 1.18 bits per heavy atom. The smallest absolute Gasteiger partial charge is 0.219 e. The number of carbonyl (C=O) groups is 1. The van der Waals surface area contributed by atoms with Gasteiger partial charge in [0.1, 0.15) is 17.7 Å². The van der Waals surface area contributed by atoms with Gasteiger partial charge in [0.05, 0.1) is 29.3 Å². The van der Waals surface area contributed by atoms with Gasteiger partial charge in [-0.3, -0.25) is 4.79 Å². The van der Waals surface area contributed by atoms with E-state index in [1.165, 1.54) is 6.92 Å². The molecule has 2 saturated heterocycles. The SMILES string of the molecule is CC(=O)N1CCC(OCC(O)CO)(c2cc(F)c(CC3[C@H](C)NC[C@@H](c4ccccc4)S3(=O)=O)cc2F)CC1. The van der Waals surface area contributed by atoms with Crippen molar-refractivity contribution in [2.24, 2.45) is 0 Å². The molecule has 2 aromatic carbocycles. The van der Waals surface area contributed by atoms with E-state index < -0.39 is 56.3 Å². The number of nitrogens with one attached hydrogen (secondary N) is 1. The van der Waals surface area contributed by atoms with Crippen molar-refractivity contribution in [3.05, 3.63) is 70.8 Å². The highest BCUT2D eigenvalue weighted by atomic mass is 32.2. The highest BCUT2D eigenvalue weighted by Crippen LogP contribution is 2.40. The number of sulfone groups is 1. The van der Waals surface area contributed by atoms with Crippen LogP contribution in [-0.2, 0) is 31.4 Å². The lowest BCUT2D eigenvalue weighted by atomic mass is 9.82. The molecule has 4 rings (SSSR count). The average Bonchev–Trinajstić information content (AvgIpc) is 2.91. The normalized spacial score (nSPS) is 25.3. The summed E-state index contributed by atoms with van der Waals surface area (Å²) in [5.41, 5.74) is -0.795. The number of ether oxygens (including phenoxy) is 1. The maximum absolute atomic E-state index is 15.7. The summed E-state index contributed by atoms with van der Waals surface area (Å²) in [4.78, 5) is 13.4. The van der Waals surface area contributed by atoms with Gasteiger partial charge in [-0.2, -0.15) is 0 Å². The zero-order valence-corrected chi connectivity index (χ0v) is 23.0. The summed E-state index contributed by atoms with van der Waals surface area (Å²) in [5.74, 6) is -1.66. The second-order valence-corrected chi connectivity index (χ2v) is 12.9. The van der Waals surface area contributed by atoms with Gasteiger partial charge in [0.2, 0.25) is 5.91 Å². The molecule has 0 aliphatic carbocycles. The summed E-state index contributed by atoms with van der Waals surface area (Å²) in [6, 6.07) is 10.4. The van der Waals surface area contributed by atoms with Crippen LogP contribution in [0.2, 0.25) is 0 Å². The van der Waals surface area contributed by atoms with Gasteiger partial charge >= 0.3 is 0 Å². The molecule has 1 amide bonds. The molecular weight excluding hydrogens is 530 g/mol. The number of rotatable bonds is 8. The molecule has 214 valence electrons. The third-order valence-electron chi connectivity index (χ3n) is 8.00. The van der Waals surface area contributed by atoms with Crippen LogP contribution >= 0.6 is 0 Å². The fourth-order valence-corrected chi connectivity index (χ4v) is 7.96. The fraction of sp³-hybridized carbons (Fsp3) is 0.536. The number of aliphatic hydroxyl groups is 2. The molecule has 8 nitrogen and oxygen atoms in total. The summed E-state index contributed by atoms with van der Waals surface area (Å²) < 4.78 is 64.4. The van der Waals surface area contributed by atoms with Crippen LogP contribution in [0.1, 0.15) is 48.6 Å². The van der Waals surface area contributed by atoms with Crippen molar-refractivity contribution in [1.82, 2.24) is 10.2 Å². The zero-order valence-electron chi connectivity index (χ0n) is 22.1. The summed E-state index contributed by atoms with van der Waals surface area (Å²) in [7, 11) is -3.74. The number of nitrogens with zero attached hydrogens (tertiary/aromatic N) is 1. The lowest BCUT2D eigenvalue weighted by Crippen LogP contribution is -2.53. The van der Waals surface area contributed by atoms with Crippen LogP contribution in [0.15, 0.2) is 42.5 Å². The third kappa shape index (κ3) is 6.17. The van der Waals surface area contributed by atoms with Crippen molar-refractivity contribution in [2.75, 3.05) is 32.8 Å². The molecule has 3 N–H and O–H groups in total. The Bertz CT molecular complexity index is 1270. The maximum Gasteiger partial charge on any atom is 0.219 e. The number of benzene rings is 2. The highest BCUT2D eigenvalue weighted by Gasteiger charge is 2.44. The monoisotopic (exact) mass is 566 g/mol. The first-order chi connectivity index (χ1) is 18.5. The summed E-state index contributed by atoms with van der Waals surface area (Å²) in [6.07, 6.45) is -1.09. The number of carbonyl (C=O) groups excluding carboxylic acids is 1. The predicted molar refractivity (Wildman–Crippen MR) is 142 cm³/mol. The molecule has 2 fully saturated rings. The van der Waals surface area contributed by atoms with Crippen molar-refractivity contribution < 1.29 is 36.9 Å². The molecule has 39 heavy (non-hydrogen) atoms. The Kier molecular flexibility index (Phi) is 9.07. The quantitative estimate of drug-likeness (QED) is 0.449. The predicted octanol–water partition coefficient (Wildman–Crippen LogP) is 2.23. The van der Waals surface area contributed by atoms with Crippen LogP contribution < -0.4 is 5.32 Å². The van der Waals surface area contributed by atoms with Crippen molar-refractivity contribution in [1.29, 1.82) is 0 Å². The molecule has 2 aliphatic heterocycles.